The van der Waals surface area contributed by atoms with Crippen LogP contribution in [0.25, 0.3) is 0 Å². The lowest BCUT2D eigenvalue weighted by Crippen LogP contribution is -2.37. The molecule has 4 rings (SSSR count). The maximum absolute atomic E-state index is 12.8. The number of hydrogen-bond acceptors (Lipinski definition) is 4. The second kappa shape index (κ2) is 7.40. The van der Waals surface area contributed by atoms with Crippen molar-refractivity contribution in [2.45, 2.75) is 32.6 Å². The van der Waals surface area contributed by atoms with Gasteiger partial charge in [-0.3, -0.25) is 4.79 Å². The van der Waals surface area contributed by atoms with Crippen molar-refractivity contribution in [2.75, 3.05) is 29.4 Å². The number of rotatable bonds is 3. The van der Waals surface area contributed by atoms with Crippen molar-refractivity contribution < 1.29 is 4.79 Å². The monoisotopic (exact) mass is 360 g/mol. The number of benzene rings is 1. The molecule has 2 aliphatic heterocycles. The van der Waals surface area contributed by atoms with Crippen LogP contribution < -0.4 is 9.80 Å². The Bertz CT molecular complexity index is 893. The molecule has 0 atom stereocenters. The first kappa shape index (κ1) is 17.5. The van der Waals surface area contributed by atoms with Crippen LogP contribution in [0.3, 0.4) is 0 Å². The highest BCUT2D eigenvalue weighted by Crippen LogP contribution is 2.31. The molecule has 1 fully saturated rings. The van der Waals surface area contributed by atoms with Crippen molar-refractivity contribution in [3.63, 3.8) is 0 Å². The number of pyridine rings is 1. The van der Waals surface area contributed by atoms with E-state index in [4.69, 9.17) is 0 Å². The third kappa shape index (κ3) is 3.52. The van der Waals surface area contributed by atoms with E-state index in [-0.39, 0.29) is 5.91 Å². The van der Waals surface area contributed by atoms with Gasteiger partial charge < -0.3 is 9.80 Å². The molecule has 0 N–H and O–H groups in total. The van der Waals surface area contributed by atoms with Gasteiger partial charge in [-0.15, -0.1) is 0 Å². The van der Waals surface area contributed by atoms with Gasteiger partial charge in [0.15, 0.2) is 0 Å². The van der Waals surface area contributed by atoms with Crippen LogP contribution >= 0.6 is 0 Å². The van der Waals surface area contributed by atoms with E-state index in [2.05, 4.69) is 28.1 Å². The quantitative estimate of drug-likeness (QED) is 0.841. The van der Waals surface area contributed by atoms with Crippen LogP contribution in [0, 0.1) is 24.2 Å². The number of aromatic nitrogens is 1. The Labute approximate surface area is 160 Å². The third-order valence-corrected chi connectivity index (χ3v) is 5.70. The molecular formula is C22H24N4O. The fraction of sp³-hybridized carbons (Fsp3) is 0.409. The minimum atomic E-state index is 0.241. The molecule has 0 unspecified atom stereocenters. The van der Waals surface area contributed by atoms with Crippen molar-refractivity contribution in [2.24, 2.45) is 5.92 Å². The first-order valence-corrected chi connectivity index (χ1v) is 9.66. The normalized spacial score (nSPS) is 16.9. The number of nitriles is 1. The van der Waals surface area contributed by atoms with E-state index >= 15 is 0 Å². The summed E-state index contributed by atoms with van der Waals surface area (Å²) in [6.45, 7) is 4.44. The van der Waals surface area contributed by atoms with E-state index < -0.39 is 0 Å². The Morgan fingerprint density at radius 2 is 1.96 bits per heavy atom. The van der Waals surface area contributed by atoms with Gasteiger partial charge in [-0.05, 0) is 55.9 Å². The second-order valence-corrected chi connectivity index (χ2v) is 7.49. The fourth-order valence-electron chi connectivity index (χ4n) is 4.17. The zero-order chi connectivity index (χ0) is 18.8. The average Bonchev–Trinajstić information content (AvgIpc) is 3.13. The number of piperidine rings is 1. The maximum atomic E-state index is 12.8. The van der Waals surface area contributed by atoms with E-state index in [1.165, 1.54) is 5.56 Å². The lowest BCUT2D eigenvalue weighted by molar-refractivity contribution is -0.119. The summed E-state index contributed by atoms with van der Waals surface area (Å²) >= 11 is 0. The number of fused-ring (bicyclic) bond motifs is 1. The molecule has 1 aromatic heterocycles. The Hall–Kier alpha value is -2.87. The Morgan fingerprint density at radius 1 is 1.19 bits per heavy atom. The van der Waals surface area contributed by atoms with E-state index in [1.807, 2.05) is 36.1 Å². The summed E-state index contributed by atoms with van der Waals surface area (Å²) < 4.78 is 0. The smallest absolute Gasteiger partial charge is 0.227 e. The number of anilines is 2. The van der Waals surface area contributed by atoms with Crippen LogP contribution in [0.4, 0.5) is 11.5 Å². The molecule has 2 aliphatic rings. The first-order valence-electron chi connectivity index (χ1n) is 9.66. The molecule has 5 heteroatoms. The fourth-order valence-corrected chi connectivity index (χ4v) is 4.17. The van der Waals surface area contributed by atoms with Gasteiger partial charge in [0.05, 0.1) is 5.56 Å². The highest BCUT2D eigenvalue weighted by molar-refractivity contribution is 5.95. The number of carbonyl (C=O) groups is 1. The summed E-state index contributed by atoms with van der Waals surface area (Å²) in [5.41, 5.74) is 3.91. The number of hydrogen-bond donors (Lipinski definition) is 0. The Balaban J connectivity index is 1.37. The summed E-state index contributed by atoms with van der Waals surface area (Å²) in [5, 5.41) is 9.35. The van der Waals surface area contributed by atoms with Gasteiger partial charge in [0.2, 0.25) is 5.91 Å². The summed E-state index contributed by atoms with van der Waals surface area (Å²) in [4.78, 5) is 21.5. The number of para-hydroxylation sites is 1. The summed E-state index contributed by atoms with van der Waals surface area (Å²) in [7, 11) is 0. The number of nitrogens with zero attached hydrogens (tertiary/aromatic N) is 4. The minimum absolute atomic E-state index is 0.241. The molecule has 2 aromatic rings. The molecule has 5 nitrogen and oxygen atoms in total. The van der Waals surface area contributed by atoms with Gasteiger partial charge in [-0.2, -0.15) is 5.26 Å². The molecular weight excluding hydrogens is 336 g/mol. The van der Waals surface area contributed by atoms with E-state index in [0.717, 1.165) is 56.1 Å². The minimum Gasteiger partial charge on any atom is -0.355 e. The van der Waals surface area contributed by atoms with Crippen molar-refractivity contribution >= 4 is 17.4 Å². The van der Waals surface area contributed by atoms with Gasteiger partial charge in [0.25, 0.3) is 0 Å². The summed E-state index contributed by atoms with van der Waals surface area (Å²) in [6.07, 6.45) is 3.48. The maximum Gasteiger partial charge on any atom is 0.227 e. The molecule has 27 heavy (non-hydrogen) atoms. The van der Waals surface area contributed by atoms with Gasteiger partial charge in [0, 0.05) is 37.4 Å². The van der Waals surface area contributed by atoms with Crippen LogP contribution in [-0.4, -0.2) is 30.5 Å². The average molecular weight is 360 g/mol. The molecule has 1 aromatic carbocycles. The largest absolute Gasteiger partial charge is 0.355 e. The molecule has 1 saturated heterocycles. The van der Waals surface area contributed by atoms with E-state index in [9.17, 15) is 10.1 Å². The van der Waals surface area contributed by atoms with Crippen molar-refractivity contribution in [1.82, 2.24) is 4.98 Å². The predicted molar refractivity (Wildman–Crippen MR) is 106 cm³/mol. The van der Waals surface area contributed by atoms with Crippen LogP contribution in [0.15, 0.2) is 36.4 Å². The van der Waals surface area contributed by atoms with Crippen LogP contribution in [0.2, 0.25) is 0 Å². The third-order valence-electron chi connectivity index (χ3n) is 5.70. The van der Waals surface area contributed by atoms with Gasteiger partial charge in [-0.1, -0.05) is 18.2 Å². The Kier molecular flexibility index (Phi) is 4.81. The highest BCUT2D eigenvalue weighted by atomic mass is 16.2. The molecule has 0 saturated carbocycles. The second-order valence-electron chi connectivity index (χ2n) is 7.49. The number of carbonyl (C=O) groups excluding carboxylic acids is 1. The standard InChI is InChI=1S/C22H24N4O/c1-16-6-7-19(15-23)22(24-16)25-11-8-17(9-12-25)14-21(27)26-13-10-18-4-2-3-5-20(18)26/h2-7,17H,8-14H2,1H3. The molecule has 1 amide bonds. The summed E-state index contributed by atoms with van der Waals surface area (Å²) in [5.74, 6) is 1.43. The summed E-state index contributed by atoms with van der Waals surface area (Å²) in [6, 6.07) is 14.2. The SMILES string of the molecule is Cc1ccc(C#N)c(N2CCC(CC(=O)N3CCc4ccccc43)CC2)n1. The van der Waals surface area contributed by atoms with Gasteiger partial charge in [-0.25, -0.2) is 4.98 Å². The van der Waals surface area contributed by atoms with Gasteiger partial charge >= 0.3 is 0 Å². The van der Waals surface area contributed by atoms with Crippen LogP contribution in [-0.2, 0) is 11.2 Å². The lowest BCUT2D eigenvalue weighted by Gasteiger charge is -2.33. The molecule has 0 aliphatic carbocycles. The van der Waals surface area contributed by atoms with Crippen molar-refractivity contribution in [3.05, 3.63) is 53.2 Å². The number of amides is 1. The lowest BCUT2D eigenvalue weighted by atomic mass is 9.92. The highest BCUT2D eigenvalue weighted by Gasteiger charge is 2.28. The Morgan fingerprint density at radius 3 is 2.74 bits per heavy atom. The number of aryl methyl sites for hydroxylation is 1. The molecule has 3 heterocycles. The van der Waals surface area contributed by atoms with E-state index in [0.29, 0.717) is 17.9 Å². The zero-order valence-corrected chi connectivity index (χ0v) is 15.7. The molecule has 0 spiro atoms. The topological polar surface area (TPSA) is 60.2 Å². The van der Waals surface area contributed by atoms with Crippen molar-refractivity contribution in [1.29, 1.82) is 5.26 Å². The van der Waals surface area contributed by atoms with Crippen LogP contribution in [0.1, 0.15) is 36.1 Å². The van der Waals surface area contributed by atoms with Gasteiger partial charge in [0.1, 0.15) is 11.9 Å². The van der Waals surface area contributed by atoms with E-state index in [1.54, 1.807) is 0 Å². The van der Waals surface area contributed by atoms with Crippen molar-refractivity contribution in [3.8, 4) is 6.07 Å². The molecule has 0 bridgehead atoms. The zero-order valence-electron chi connectivity index (χ0n) is 15.7. The van der Waals surface area contributed by atoms with Crippen LogP contribution in [0.5, 0.6) is 0 Å². The first-order chi connectivity index (χ1) is 13.2. The molecule has 138 valence electrons. The molecule has 0 radical (unpaired) electrons. The predicted octanol–water partition coefficient (Wildman–Crippen LogP) is 3.46.